The Morgan fingerprint density at radius 3 is 2.28 bits per heavy atom. The molecular weight excluding hydrogens is 338 g/mol. The summed E-state index contributed by atoms with van der Waals surface area (Å²) in [6.07, 6.45) is 1.53. The van der Waals surface area contributed by atoms with Crippen LogP contribution in [0.1, 0.15) is 49.5 Å². The second-order valence-electron chi connectivity index (χ2n) is 7.73. The Morgan fingerprint density at radius 1 is 1.20 bits per heavy atom. The molecule has 25 heavy (non-hydrogen) atoms. The maximum atomic E-state index is 12.5. The van der Waals surface area contributed by atoms with E-state index in [1.54, 1.807) is 0 Å². The Kier molecular flexibility index (Phi) is 7.44. The van der Waals surface area contributed by atoms with E-state index in [2.05, 4.69) is 5.32 Å². The molecule has 0 aliphatic carbocycles. The summed E-state index contributed by atoms with van der Waals surface area (Å²) >= 11 is 0. The Labute approximate surface area is 156 Å². The van der Waals surface area contributed by atoms with Crippen molar-refractivity contribution in [3.8, 4) is 0 Å². The predicted octanol–water partition coefficient (Wildman–Crippen LogP) is 2.51. The van der Waals surface area contributed by atoms with E-state index in [9.17, 15) is 9.59 Å². The Morgan fingerprint density at radius 2 is 1.76 bits per heavy atom. The summed E-state index contributed by atoms with van der Waals surface area (Å²) in [4.78, 5) is 26.7. The SMILES string of the molecule is Cc1ccccc1C(=O)NC1CCN(C(=O)[C@@H](N)C(C)(C)C)CC1.Cl. The van der Waals surface area contributed by atoms with Crippen molar-refractivity contribution in [1.29, 1.82) is 0 Å². The second-order valence-corrected chi connectivity index (χ2v) is 7.73. The maximum Gasteiger partial charge on any atom is 0.251 e. The van der Waals surface area contributed by atoms with Crippen molar-refractivity contribution in [2.24, 2.45) is 11.1 Å². The van der Waals surface area contributed by atoms with Gasteiger partial charge in [0.05, 0.1) is 6.04 Å². The number of amides is 2. The van der Waals surface area contributed by atoms with Crippen molar-refractivity contribution in [2.45, 2.75) is 52.6 Å². The molecule has 0 bridgehead atoms. The first-order valence-electron chi connectivity index (χ1n) is 8.61. The van der Waals surface area contributed by atoms with Gasteiger partial charge in [0.2, 0.25) is 5.91 Å². The van der Waals surface area contributed by atoms with Gasteiger partial charge >= 0.3 is 0 Å². The molecule has 1 aliphatic rings. The zero-order valence-corrected chi connectivity index (χ0v) is 16.4. The highest BCUT2D eigenvalue weighted by molar-refractivity contribution is 5.95. The minimum absolute atomic E-state index is 0. The number of carbonyl (C=O) groups is 2. The lowest BCUT2D eigenvalue weighted by Gasteiger charge is -2.36. The Hall–Kier alpha value is -1.59. The molecule has 1 fully saturated rings. The number of nitrogens with zero attached hydrogens (tertiary/aromatic N) is 1. The summed E-state index contributed by atoms with van der Waals surface area (Å²) in [5, 5.41) is 3.09. The molecule has 2 rings (SSSR count). The standard InChI is InChI=1S/C19H29N3O2.ClH/c1-13-7-5-6-8-15(13)17(23)21-14-9-11-22(12-10-14)18(24)16(20)19(2,3)4;/h5-8,14,16H,9-12,20H2,1-4H3,(H,21,23);1H/t16-;/m1./s1. The molecule has 5 nitrogen and oxygen atoms in total. The monoisotopic (exact) mass is 367 g/mol. The van der Waals surface area contributed by atoms with E-state index in [-0.39, 0.29) is 35.7 Å². The van der Waals surface area contributed by atoms with Crippen LogP contribution in [0.5, 0.6) is 0 Å². The van der Waals surface area contributed by atoms with Crippen LogP contribution in [-0.4, -0.2) is 41.9 Å². The zero-order chi connectivity index (χ0) is 17.9. The molecule has 1 heterocycles. The quantitative estimate of drug-likeness (QED) is 0.861. The van der Waals surface area contributed by atoms with Gasteiger partial charge < -0.3 is 16.0 Å². The van der Waals surface area contributed by atoms with Crippen LogP contribution in [0.25, 0.3) is 0 Å². The van der Waals surface area contributed by atoms with Crippen LogP contribution in [0.4, 0.5) is 0 Å². The molecule has 1 saturated heterocycles. The largest absolute Gasteiger partial charge is 0.349 e. The number of hydrogen-bond acceptors (Lipinski definition) is 3. The third kappa shape index (κ3) is 5.44. The van der Waals surface area contributed by atoms with Crippen LogP contribution in [0.15, 0.2) is 24.3 Å². The second kappa shape index (κ2) is 8.68. The van der Waals surface area contributed by atoms with Crippen molar-refractivity contribution < 1.29 is 9.59 Å². The van der Waals surface area contributed by atoms with Crippen molar-refractivity contribution in [3.63, 3.8) is 0 Å². The lowest BCUT2D eigenvalue weighted by molar-refractivity contribution is -0.136. The fourth-order valence-electron chi connectivity index (χ4n) is 2.90. The average molecular weight is 368 g/mol. The molecule has 140 valence electrons. The summed E-state index contributed by atoms with van der Waals surface area (Å²) in [5.74, 6) is -0.0320. The van der Waals surface area contributed by atoms with E-state index in [4.69, 9.17) is 5.73 Å². The van der Waals surface area contributed by atoms with Gasteiger partial charge in [-0.05, 0) is 36.8 Å². The van der Waals surface area contributed by atoms with Gasteiger partial charge in [-0.15, -0.1) is 12.4 Å². The molecule has 1 atom stereocenters. The zero-order valence-electron chi connectivity index (χ0n) is 15.5. The molecular formula is C19H30ClN3O2. The van der Waals surface area contributed by atoms with Gasteiger partial charge in [-0.1, -0.05) is 39.0 Å². The number of halogens is 1. The number of nitrogens with one attached hydrogen (secondary N) is 1. The Bertz CT molecular complexity index is 605. The molecule has 0 spiro atoms. The number of aryl methyl sites for hydroxylation is 1. The van der Waals surface area contributed by atoms with Crippen LogP contribution in [-0.2, 0) is 4.79 Å². The van der Waals surface area contributed by atoms with E-state index in [0.717, 1.165) is 18.4 Å². The minimum Gasteiger partial charge on any atom is -0.349 e. The molecule has 0 aromatic heterocycles. The molecule has 3 N–H and O–H groups in total. The highest BCUT2D eigenvalue weighted by atomic mass is 35.5. The van der Waals surface area contributed by atoms with Crippen LogP contribution in [0.2, 0.25) is 0 Å². The predicted molar refractivity (Wildman–Crippen MR) is 103 cm³/mol. The topological polar surface area (TPSA) is 75.4 Å². The molecule has 2 amide bonds. The molecule has 0 saturated carbocycles. The normalized spacial score (nSPS) is 16.8. The molecule has 1 aromatic rings. The summed E-state index contributed by atoms with van der Waals surface area (Å²) in [7, 11) is 0. The van der Waals surface area contributed by atoms with Gasteiger partial charge in [-0.2, -0.15) is 0 Å². The highest BCUT2D eigenvalue weighted by Gasteiger charge is 2.33. The van der Waals surface area contributed by atoms with Crippen LogP contribution < -0.4 is 11.1 Å². The van der Waals surface area contributed by atoms with Crippen molar-refractivity contribution >= 4 is 24.2 Å². The van der Waals surface area contributed by atoms with Gasteiger partial charge in [-0.3, -0.25) is 9.59 Å². The van der Waals surface area contributed by atoms with Crippen LogP contribution >= 0.6 is 12.4 Å². The molecule has 0 radical (unpaired) electrons. The first-order chi connectivity index (χ1) is 11.2. The average Bonchev–Trinajstić information content (AvgIpc) is 2.53. The first kappa shape index (κ1) is 21.5. The number of rotatable bonds is 3. The van der Waals surface area contributed by atoms with Gasteiger partial charge in [0.1, 0.15) is 0 Å². The van der Waals surface area contributed by atoms with E-state index in [1.165, 1.54) is 0 Å². The lowest BCUT2D eigenvalue weighted by atomic mass is 9.86. The molecule has 6 heteroatoms. The van der Waals surface area contributed by atoms with Gasteiger partial charge in [-0.25, -0.2) is 0 Å². The number of hydrogen-bond donors (Lipinski definition) is 2. The van der Waals surface area contributed by atoms with E-state index < -0.39 is 6.04 Å². The highest BCUT2D eigenvalue weighted by Crippen LogP contribution is 2.21. The first-order valence-corrected chi connectivity index (χ1v) is 8.61. The molecule has 0 unspecified atom stereocenters. The van der Waals surface area contributed by atoms with Crippen molar-refractivity contribution in [2.75, 3.05) is 13.1 Å². The van der Waals surface area contributed by atoms with Gasteiger partial charge in [0, 0.05) is 24.7 Å². The van der Waals surface area contributed by atoms with E-state index in [0.29, 0.717) is 18.7 Å². The Balaban J connectivity index is 0.00000312. The molecule has 1 aliphatic heterocycles. The number of benzene rings is 1. The fourth-order valence-corrected chi connectivity index (χ4v) is 2.90. The summed E-state index contributed by atoms with van der Waals surface area (Å²) in [6, 6.07) is 7.18. The lowest BCUT2D eigenvalue weighted by Crippen LogP contribution is -2.54. The fraction of sp³-hybridized carbons (Fsp3) is 0.579. The minimum atomic E-state index is -0.490. The van der Waals surface area contributed by atoms with E-state index in [1.807, 2.05) is 56.9 Å². The van der Waals surface area contributed by atoms with Crippen molar-refractivity contribution in [1.82, 2.24) is 10.2 Å². The summed E-state index contributed by atoms with van der Waals surface area (Å²) in [5.41, 5.74) is 7.51. The van der Waals surface area contributed by atoms with Crippen LogP contribution in [0, 0.1) is 12.3 Å². The summed E-state index contributed by atoms with van der Waals surface area (Å²) < 4.78 is 0. The number of nitrogens with two attached hydrogens (primary N) is 1. The maximum absolute atomic E-state index is 12.5. The third-order valence-corrected chi connectivity index (χ3v) is 4.73. The number of carbonyl (C=O) groups excluding carboxylic acids is 2. The van der Waals surface area contributed by atoms with Crippen molar-refractivity contribution in [3.05, 3.63) is 35.4 Å². The van der Waals surface area contributed by atoms with E-state index >= 15 is 0 Å². The van der Waals surface area contributed by atoms with Gasteiger partial charge in [0.15, 0.2) is 0 Å². The summed E-state index contributed by atoms with van der Waals surface area (Å²) in [6.45, 7) is 9.15. The molecule has 1 aromatic carbocycles. The van der Waals surface area contributed by atoms with Gasteiger partial charge in [0.25, 0.3) is 5.91 Å². The van der Waals surface area contributed by atoms with Crippen LogP contribution in [0.3, 0.4) is 0 Å². The number of likely N-dealkylation sites (tertiary alicyclic amines) is 1. The number of piperidine rings is 1. The smallest absolute Gasteiger partial charge is 0.251 e. The third-order valence-electron chi connectivity index (χ3n) is 4.73.